The second kappa shape index (κ2) is 13.7. The third-order valence-electron chi connectivity index (χ3n) is 11.5. The van der Waals surface area contributed by atoms with E-state index in [1.165, 1.54) is 33.0 Å². The maximum atomic E-state index is 6.76. The van der Waals surface area contributed by atoms with Gasteiger partial charge in [0.1, 0.15) is 5.58 Å². The van der Waals surface area contributed by atoms with Gasteiger partial charge in [-0.2, -0.15) is 0 Å². The molecule has 0 fully saturated rings. The van der Waals surface area contributed by atoms with Gasteiger partial charge in [-0.1, -0.05) is 152 Å². The minimum atomic E-state index is 0.391. The summed E-state index contributed by atoms with van der Waals surface area (Å²) in [5.41, 5.74) is 14.5. The van der Waals surface area contributed by atoms with Crippen LogP contribution in [0.2, 0.25) is 0 Å². The lowest BCUT2D eigenvalue weighted by Gasteiger charge is -2.28. The monoisotopic (exact) mass is 730 g/mol. The number of nitrogens with zero attached hydrogens (tertiary/aromatic N) is 2. The highest BCUT2D eigenvalue weighted by atomic mass is 16.3. The summed E-state index contributed by atoms with van der Waals surface area (Å²) in [5, 5.41) is 4.60. The van der Waals surface area contributed by atoms with Crippen LogP contribution < -0.4 is 4.90 Å². The molecule has 1 aliphatic rings. The maximum Gasteiger partial charge on any atom is 0.160 e. The Bertz CT molecular complexity index is 3130. The van der Waals surface area contributed by atoms with E-state index in [-0.39, 0.29) is 0 Å². The summed E-state index contributed by atoms with van der Waals surface area (Å²) in [7, 11) is 0. The van der Waals surface area contributed by atoms with Crippen molar-refractivity contribution in [3.63, 3.8) is 0 Å². The predicted octanol–water partition coefficient (Wildman–Crippen LogP) is 15.1. The molecule has 0 spiro atoms. The molecule has 0 saturated heterocycles. The molecular weight excluding hydrogens is 693 g/mol. The summed E-state index contributed by atoms with van der Waals surface area (Å²) in [5.74, 6) is 0.391. The second-order valence-corrected chi connectivity index (χ2v) is 14.8. The zero-order valence-corrected chi connectivity index (χ0v) is 31.3. The average molecular weight is 731 g/mol. The van der Waals surface area contributed by atoms with Crippen molar-refractivity contribution in [2.75, 3.05) is 4.90 Å². The Morgan fingerprint density at radius 1 is 0.526 bits per heavy atom. The lowest BCUT2D eigenvalue weighted by Crippen LogP contribution is -2.11. The number of anilines is 3. The zero-order chi connectivity index (χ0) is 37.7. The van der Waals surface area contributed by atoms with Crippen LogP contribution in [-0.2, 0) is 0 Å². The molecule has 0 bridgehead atoms. The van der Waals surface area contributed by atoms with E-state index in [9.17, 15) is 0 Å². The van der Waals surface area contributed by atoms with Gasteiger partial charge >= 0.3 is 0 Å². The van der Waals surface area contributed by atoms with Gasteiger partial charge in [0.25, 0.3) is 0 Å². The number of benzene rings is 8. The van der Waals surface area contributed by atoms with Gasteiger partial charge in [0.05, 0.1) is 16.7 Å². The van der Waals surface area contributed by atoms with Crippen LogP contribution in [0.4, 0.5) is 17.1 Å². The first kappa shape index (κ1) is 33.0. The van der Waals surface area contributed by atoms with Gasteiger partial charge in [0, 0.05) is 50.1 Å². The molecule has 270 valence electrons. The van der Waals surface area contributed by atoms with Crippen molar-refractivity contribution in [3.05, 3.63) is 218 Å². The molecule has 10 aromatic rings. The molecule has 0 saturated carbocycles. The molecule has 2 heterocycles. The van der Waals surface area contributed by atoms with Crippen LogP contribution in [0.15, 0.2) is 217 Å². The number of rotatable bonds is 7. The average Bonchev–Trinajstić information content (AvgIpc) is 3.84. The van der Waals surface area contributed by atoms with E-state index in [0.717, 1.165) is 67.7 Å². The van der Waals surface area contributed by atoms with Gasteiger partial charge in [0.15, 0.2) is 5.58 Å². The van der Waals surface area contributed by atoms with Gasteiger partial charge in [0.2, 0.25) is 0 Å². The van der Waals surface area contributed by atoms with Crippen molar-refractivity contribution in [1.29, 1.82) is 0 Å². The molecule has 3 heteroatoms. The van der Waals surface area contributed by atoms with E-state index < -0.39 is 0 Å². The number of hydrogen-bond donors (Lipinski definition) is 0. The van der Waals surface area contributed by atoms with Crippen molar-refractivity contribution < 1.29 is 4.42 Å². The second-order valence-electron chi connectivity index (χ2n) is 14.8. The van der Waals surface area contributed by atoms with E-state index in [0.29, 0.717) is 5.92 Å². The Morgan fingerprint density at radius 2 is 1.18 bits per heavy atom. The van der Waals surface area contributed by atoms with Gasteiger partial charge in [-0.3, -0.25) is 0 Å². The first-order chi connectivity index (χ1) is 28.3. The highest BCUT2D eigenvalue weighted by Gasteiger charge is 2.24. The van der Waals surface area contributed by atoms with Crippen LogP contribution in [0, 0.1) is 0 Å². The minimum absolute atomic E-state index is 0.391. The third-order valence-corrected chi connectivity index (χ3v) is 11.5. The fourth-order valence-corrected chi connectivity index (χ4v) is 8.85. The highest BCUT2D eigenvalue weighted by molar-refractivity contribution is 6.26. The summed E-state index contributed by atoms with van der Waals surface area (Å²) in [4.78, 5) is 2.40. The SMILES string of the molecule is C1=CCC(c2ccc(N(c3ccc(-c4cc5c6ccccc6oc5c5c4c4ccccc4n5-c4ccccc4)cc3)c3ccccc3-c3ccccc3)cc2)C=C1. The van der Waals surface area contributed by atoms with Crippen LogP contribution in [0.5, 0.6) is 0 Å². The molecule has 11 rings (SSSR count). The van der Waals surface area contributed by atoms with Crippen LogP contribution in [0.25, 0.3) is 71.7 Å². The molecular formula is C54H38N2O. The Morgan fingerprint density at radius 3 is 1.95 bits per heavy atom. The third kappa shape index (κ3) is 5.58. The molecule has 0 aliphatic heterocycles. The fraction of sp³-hybridized carbons (Fsp3) is 0.0370. The maximum absolute atomic E-state index is 6.76. The first-order valence-electron chi connectivity index (χ1n) is 19.7. The molecule has 3 nitrogen and oxygen atoms in total. The summed E-state index contributed by atoms with van der Waals surface area (Å²) < 4.78 is 9.13. The normalized spacial score (nSPS) is 13.9. The minimum Gasteiger partial charge on any atom is -0.454 e. The number of aromatic nitrogens is 1. The van der Waals surface area contributed by atoms with Crippen molar-refractivity contribution in [3.8, 4) is 27.9 Å². The quantitative estimate of drug-likeness (QED) is 0.163. The predicted molar refractivity (Wildman–Crippen MR) is 239 cm³/mol. The number of para-hydroxylation sites is 4. The Hall–Kier alpha value is -7.36. The highest BCUT2D eigenvalue weighted by Crippen LogP contribution is 2.47. The number of hydrogen-bond acceptors (Lipinski definition) is 2. The van der Waals surface area contributed by atoms with E-state index in [1.807, 2.05) is 6.07 Å². The van der Waals surface area contributed by atoms with E-state index in [1.54, 1.807) is 0 Å². The van der Waals surface area contributed by atoms with Crippen LogP contribution in [0.3, 0.4) is 0 Å². The van der Waals surface area contributed by atoms with Crippen LogP contribution in [-0.4, -0.2) is 4.57 Å². The van der Waals surface area contributed by atoms with E-state index in [2.05, 4.69) is 216 Å². The first-order valence-corrected chi connectivity index (χ1v) is 19.7. The van der Waals surface area contributed by atoms with E-state index >= 15 is 0 Å². The van der Waals surface area contributed by atoms with Gasteiger partial charge in [-0.25, -0.2) is 0 Å². The van der Waals surface area contributed by atoms with Gasteiger partial charge in [-0.05, 0) is 89.3 Å². The molecule has 0 radical (unpaired) electrons. The Labute approximate surface area is 331 Å². The smallest absolute Gasteiger partial charge is 0.160 e. The molecule has 1 unspecified atom stereocenters. The summed E-state index contributed by atoms with van der Waals surface area (Å²) >= 11 is 0. The molecule has 8 aromatic carbocycles. The fourth-order valence-electron chi connectivity index (χ4n) is 8.85. The van der Waals surface area contributed by atoms with Crippen molar-refractivity contribution in [1.82, 2.24) is 4.57 Å². The number of allylic oxidation sites excluding steroid dienone is 4. The number of fused-ring (bicyclic) bond motifs is 7. The molecule has 2 aromatic heterocycles. The molecule has 57 heavy (non-hydrogen) atoms. The lowest BCUT2D eigenvalue weighted by atomic mass is 9.92. The molecule has 0 N–H and O–H groups in total. The molecule has 1 atom stereocenters. The zero-order valence-electron chi connectivity index (χ0n) is 31.3. The van der Waals surface area contributed by atoms with Crippen molar-refractivity contribution in [2.24, 2.45) is 0 Å². The van der Waals surface area contributed by atoms with Crippen LogP contribution >= 0.6 is 0 Å². The summed E-state index contributed by atoms with van der Waals surface area (Å²) in [6.07, 6.45) is 9.87. The van der Waals surface area contributed by atoms with E-state index in [4.69, 9.17) is 4.42 Å². The molecule has 1 aliphatic carbocycles. The Kier molecular flexibility index (Phi) is 7.96. The molecule has 0 amide bonds. The Balaban J connectivity index is 1.12. The van der Waals surface area contributed by atoms with Crippen LogP contribution in [0.1, 0.15) is 17.9 Å². The lowest BCUT2D eigenvalue weighted by molar-refractivity contribution is 0.671. The largest absolute Gasteiger partial charge is 0.454 e. The van der Waals surface area contributed by atoms with Gasteiger partial charge in [-0.15, -0.1) is 0 Å². The topological polar surface area (TPSA) is 21.3 Å². The van der Waals surface area contributed by atoms with Gasteiger partial charge < -0.3 is 13.9 Å². The number of furan rings is 1. The van der Waals surface area contributed by atoms with Crippen molar-refractivity contribution in [2.45, 2.75) is 12.3 Å². The standard InChI is InChI=1S/C54H38N2O/c1-4-16-37(17-5-1)38-28-32-42(33-29-38)55(49-25-13-10-22-44(49)39-18-6-2-7-19-39)43-34-30-40(31-35-43)47-36-48-45-23-12-15-27-51(45)57-54(48)53-52(47)46-24-11-14-26-50(46)56(53)41-20-8-3-9-21-41/h1-16,18-37H,17H2. The summed E-state index contributed by atoms with van der Waals surface area (Å²) in [6.45, 7) is 0. The summed E-state index contributed by atoms with van der Waals surface area (Å²) in [6, 6.07) is 67.8. The van der Waals surface area contributed by atoms with Crippen molar-refractivity contribution >= 4 is 60.8 Å².